The summed E-state index contributed by atoms with van der Waals surface area (Å²) in [4.78, 5) is 54.8. The molecule has 0 radical (unpaired) electrons. The van der Waals surface area contributed by atoms with Gasteiger partial charge in [-0.05, 0) is 25.5 Å². The van der Waals surface area contributed by atoms with Gasteiger partial charge in [0.1, 0.15) is 6.61 Å². The van der Waals surface area contributed by atoms with Crippen LogP contribution in [0.15, 0.2) is 40.9 Å². The number of hydrogen-bond acceptors (Lipinski definition) is 9. The fraction of sp³-hybridized carbons (Fsp3) is 0.370. The lowest BCUT2D eigenvalue weighted by atomic mass is 9.66. The molecule has 2 aromatic carbocycles. The number of nitrogens with one attached hydrogen (secondary N) is 2. The van der Waals surface area contributed by atoms with E-state index < -0.39 is 47.5 Å². The van der Waals surface area contributed by atoms with Crippen molar-refractivity contribution in [2.45, 2.75) is 44.7 Å². The minimum atomic E-state index is -1.78. The summed E-state index contributed by atoms with van der Waals surface area (Å²) >= 11 is 0. The molecule has 5 heterocycles. The summed E-state index contributed by atoms with van der Waals surface area (Å²) in [5.74, 6) is -2.64. The topological polar surface area (TPSA) is 143 Å². The van der Waals surface area contributed by atoms with Crippen LogP contribution in [0.1, 0.15) is 31.2 Å². The first-order valence-corrected chi connectivity index (χ1v) is 12.9. The third-order valence-corrected chi connectivity index (χ3v) is 8.13. The standard InChI is InChI=1S/C27H24FN5O7/c1-12-10-32-19-15(9-27(21(32)13(2)39-12)24(35)29-26(37)30-25(27)36)8-16-20(18(19)28)40-31-22(16)33-17(34)11-38-23(33)14-6-4-3-5-7-14/h3-8,12-13,21,23H,9-11H2,1-2H3,(H2,29,30,35,36,37)/t12-,13+,21-,23+/m1/s1. The normalized spacial score (nSPS) is 27.6. The summed E-state index contributed by atoms with van der Waals surface area (Å²) in [6, 6.07) is 8.81. The van der Waals surface area contributed by atoms with Crippen molar-refractivity contribution in [1.29, 1.82) is 0 Å². The molecule has 7 rings (SSSR count). The van der Waals surface area contributed by atoms with Crippen molar-refractivity contribution in [2.75, 3.05) is 23.0 Å². The molecule has 2 N–H and O–H groups in total. The maximum absolute atomic E-state index is 16.4. The van der Waals surface area contributed by atoms with Gasteiger partial charge in [-0.2, -0.15) is 0 Å². The molecule has 0 unspecified atom stereocenters. The highest BCUT2D eigenvalue weighted by Gasteiger charge is 2.63. The number of carbonyl (C=O) groups is 4. The second kappa shape index (κ2) is 8.57. The predicted molar refractivity (Wildman–Crippen MR) is 136 cm³/mol. The van der Waals surface area contributed by atoms with Gasteiger partial charge in [0, 0.05) is 18.5 Å². The van der Waals surface area contributed by atoms with E-state index in [1.165, 1.54) is 4.90 Å². The van der Waals surface area contributed by atoms with Gasteiger partial charge >= 0.3 is 6.03 Å². The summed E-state index contributed by atoms with van der Waals surface area (Å²) in [7, 11) is 0. The number of anilines is 2. The minimum absolute atomic E-state index is 0.0562. The average Bonchev–Trinajstić information content (AvgIpc) is 3.50. The zero-order valence-corrected chi connectivity index (χ0v) is 21.5. The molecule has 3 fully saturated rings. The number of hydrogen-bond donors (Lipinski definition) is 2. The summed E-state index contributed by atoms with van der Waals surface area (Å²) in [5.41, 5.74) is -0.767. The van der Waals surface area contributed by atoms with Gasteiger partial charge in [0.2, 0.25) is 17.4 Å². The fourth-order valence-electron chi connectivity index (χ4n) is 6.63. The molecule has 4 atom stereocenters. The third kappa shape index (κ3) is 3.27. The molecule has 0 bridgehead atoms. The number of rotatable bonds is 2. The van der Waals surface area contributed by atoms with Gasteiger partial charge < -0.3 is 18.9 Å². The number of halogens is 1. The van der Waals surface area contributed by atoms with Crippen molar-refractivity contribution in [1.82, 2.24) is 15.8 Å². The first kappa shape index (κ1) is 24.7. The molecule has 40 heavy (non-hydrogen) atoms. The molecular weight excluding hydrogens is 525 g/mol. The summed E-state index contributed by atoms with van der Waals surface area (Å²) in [6.07, 6.45) is -2.04. The number of benzene rings is 2. The quantitative estimate of drug-likeness (QED) is 0.458. The zero-order chi connectivity index (χ0) is 27.9. The Labute approximate surface area is 226 Å². The number of aromatic nitrogens is 1. The number of ether oxygens (including phenoxy) is 2. The lowest BCUT2D eigenvalue weighted by Crippen LogP contribution is -2.75. The van der Waals surface area contributed by atoms with Crippen LogP contribution in [0.3, 0.4) is 0 Å². The molecule has 0 aliphatic carbocycles. The van der Waals surface area contributed by atoms with Crippen LogP contribution < -0.4 is 20.4 Å². The first-order chi connectivity index (χ1) is 19.2. The van der Waals surface area contributed by atoms with E-state index in [-0.39, 0.29) is 54.1 Å². The van der Waals surface area contributed by atoms with Gasteiger partial charge in [0.15, 0.2) is 23.3 Å². The highest BCUT2D eigenvalue weighted by Crippen LogP contribution is 2.50. The maximum Gasteiger partial charge on any atom is 0.328 e. The first-order valence-electron chi connectivity index (χ1n) is 12.9. The average molecular weight is 550 g/mol. The number of carbonyl (C=O) groups excluding carboxylic acids is 4. The molecule has 13 heteroatoms. The highest BCUT2D eigenvalue weighted by atomic mass is 19.1. The van der Waals surface area contributed by atoms with E-state index in [0.29, 0.717) is 11.1 Å². The second-order valence-corrected chi connectivity index (χ2v) is 10.6. The number of morpholine rings is 1. The Morgan fingerprint density at radius 3 is 2.52 bits per heavy atom. The molecule has 206 valence electrons. The molecule has 12 nitrogen and oxygen atoms in total. The monoisotopic (exact) mass is 549 g/mol. The van der Waals surface area contributed by atoms with Crippen LogP contribution in [-0.2, 0) is 30.3 Å². The van der Waals surface area contributed by atoms with E-state index >= 15 is 4.39 Å². The third-order valence-electron chi connectivity index (χ3n) is 8.13. The lowest BCUT2D eigenvalue weighted by molar-refractivity contribution is -0.153. The van der Waals surface area contributed by atoms with Gasteiger partial charge in [-0.25, -0.2) is 9.18 Å². The minimum Gasteiger partial charge on any atom is -0.372 e. The SMILES string of the molecule is C[C@@H]1CN2c3c(cc4c(N5C(=O)CO[C@H]5c5ccccc5)noc4c3F)CC3(C(=O)NC(=O)NC3=O)[C@H]2[C@H](C)O1. The van der Waals surface area contributed by atoms with Gasteiger partial charge in [-0.3, -0.25) is 29.9 Å². The summed E-state index contributed by atoms with van der Waals surface area (Å²) in [5, 5.41) is 8.69. The molecular formula is C27H24FN5O7. The Morgan fingerprint density at radius 1 is 1.07 bits per heavy atom. The number of nitrogens with zero attached hydrogens (tertiary/aromatic N) is 3. The van der Waals surface area contributed by atoms with Crippen molar-refractivity contribution >= 4 is 46.2 Å². The van der Waals surface area contributed by atoms with E-state index in [1.807, 2.05) is 25.1 Å². The maximum atomic E-state index is 16.4. The summed E-state index contributed by atoms with van der Waals surface area (Å²) in [6.45, 7) is 3.49. The highest BCUT2D eigenvalue weighted by molar-refractivity contribution is 6.20. The predicted octanol–water partition coefficient (Wildman–Crippen LogP) is 1.92. The van der Waals surface area contributed by atoms with Crippen LogP contribution in [0.4, 0.5) is 20.7 Å². The lowest BCUT2D eigenvalue weighted by Gasteiger charge is -2.55. The number of amides is 5. The van der Waals surface area contributed by atoms with Crippen molar-refractivity contribution in [2.24, 2.45) is 5.41 Å². The van der Waals surface area contributed by atoms with E-state index in [0.717, 1.165) is 0 Å². The van der Waals surface area contributed by atoms with Crippen molar-refractivity contribution < 1.29 is 37.6 Å². The largest absolute Gasteiger partial charge is 0.372 e. The van der Waals surface area contributed by atoms with Gasteiger partial charge in [0.25, 0.3) is 5.91 Å². The molecule has 4 aliphatic rings. The second-order valence-electron chi connectivity index (χ2n) is 10.6. The number of imide groups is 2. The van der Waals surface area contributed by atoms with Crippen LogP contribution >= 0.6 is 0 Å². The van der Waals surface area contributed by atoms with E-state index in [2.05, 4.69) is 15.8 Å². The van der Waals surface area contributed by atoms with Gasteiger partial charge in [-0.1, -0.05) is 35.5 Å². The van der Waals surface area contributed by atoms with E-state index in [9.17, 15) is 19.2 Å². The van der Waals surface area contributed by atoms with Crippen LogP contribution in [0.5, 0.6) is 0 Å². The van der Waals surface area contributed by atoms with E-state index in [4.69, 9.17) is 14.0 Å². The van der Waals surface area contributed by atoms with Crippen LogP contribution in [0, 0.1) is 11.2 Å². The molecule has 3 aromatic rings. The van der Waals surface area contributed by atoms with E-state index in [1.54, 1.807) is 30.0 Å². The Hall–Kier alpha value is -4.36. The van der Waals surface area contributed by atoms with Gasteiger partial charge in [0.05, 0.1) is 29.3 Å². The van der Waals surface area contributed by atoms with Crippen LogP contribution in [0.25, 0.3) is 11.0 Å². The Bertz CT molecular complexity index is 1590. The number of urea groups is 1. The molecule has 1 spiro atoms. The smallest absolute Gasteiger partial charge is 0.328 e. The van der Waals surface area contributed by atoms with Crippen molar-refractivity contribution in [3.05, 3.63) is 53.3 Å². The Morgan fingerprint density at radius 2 is 1.80 bits per heavy atom. The number of barbiturate groups is 1. The van der Waals surface area contributed by atoms with Gasteiger partial charge in [-0.15, -0.1) is 0 Å². The molecule has 5 amide bonds. The fourth-order valence-corrected chi connectivity index (χ4v) is 6.63. The molecule has 0 saturated carbocycles. The van der Waals surface area contributed by atoms with Crippen molar-refractivity contribution in [3.63, 3.8) is 0 Å². The Kier molecular flexibility index (Phi) is 5.28. The van der Waals surface area contributed by atoms with Crippen molar-refractivity contribution in [3.8, 4) is 0 Å². The summed E-state index contributed by atoms with van der Waals surface area (Å²) < 4.78 is 33.6. The zero-order valence-electron chi connectivity index (χ0n) is 21.5. The molecule has 4 aliphatic heterocycles. The molecule has 1 aromatic heterocycles. The van der Waals surface area contributed by atoms with Crippen LogP contribution in [-0.4, -0.2) is 60.3 Å². The molecule has 3 saturated heterocycles. The number of fused-ring (bicyclic) bond motifs is 5. The Balaban J connectivity index is 1.42. The van der Waals surface area contributed by atoms with Crippen LogP contribution in [0.2, 0.25) is 0 Å².